The van der Waals surface area contributed by atoms with E-state index in [1.54, 1.807) is 38.7 Å². The fourth-order valence-corrected chi connectivity index (χ4v) is 3.00. The van der Waals surface area contributed by atoms with Crippen molar-refractivity contribution >= 4 is 17.5 Å². The van der Waals surface area contributed by atoms with E-state index in [0.717, 1.165) is 38.4 Å². The highest BCUT2D eigenvalue weighted by atomic mass is 16.5. The number of carbonyl (C=O) groups is 1. The number of benzene rings is 1. The van der Waals surface area contributed by atoms with Crippen LogP contribution in [-0.4, -0.2) is 72.6 Å². The van der Waals surface area contributed by atoms with Crippen molar-refractivity contribution in [2.45, 2.75) is 6.92 Å². The van der Waals surface area contributed by atoms with Gasteiger partial charge in [-0.25, -0.2) is 9.97 Å². The minimum Gasteiger partial charge on any atom is -0.493 e. The molecule has 8 heteroatoms. The molecule has 1 amide bonds. The van der Waals surface area contributed by atoms with Crippen LogP contribution in [0.2, 0.25) is 0 Å². The number of anilines is 2. The van der Waals surface area contributed by atoms with Gasteiger partial charge in [-0.1, -0.05) is 6.92 Å². The van der Waals surface area contributed by atoms with Crippen LogP contribution >= 0.6 is 0 Å². The van der Waals surface area contributed by atoms with Crippen molar-refractivity contribution in [3.63, 3.8) is 0 Å². The van der Waals surface area contributed by atoms with Crippen LogP contribution in [0.1, 0.15) is 17.3 Å². The van der Waals surface area contributed by atoms with Gasteiger partial charge >= 0.3 is 0 Å². The Kier molecular flexibility index (Phi) is 6.08. The quantitative estimate of drug-likeness (QED) is 0.832. The zero-order chi connectivity index (χ0) is 19.2. The number of rotatable bonds is 6. The summed E-state index contributed by atoms with van der Waals surface area (Å²) in [6.07, 6.45) is 3.12. The van der Waals surface area contributed by atoms with E-state index in [2.05, 4.69) is 27.1 Å². The van der Waals surface area contributed by atoms with Crippen molar-refractivity contribution in [1.29, 1.82) is 0 Å². The van der Waals surface area contributed by atoms with Gasteiger partial charge in [-0.05, 0) is 18.7 Å². The van der Waals surface area contributed by atoms with E-state index in [9.17, 15) is 4.79 Å². The summed E-state index contributed by atoms with van der Waals surface area (Å²) in [6, 6.07) is 5.44. The summed E-state index contributed by atoms with van der Waals surface area (Å²) in [7, 11) is 3.17. The number of piperazine rings is 1. The van der Waals surface area contributed by atoms with Crippen LogP contribution in [0.15, 0.2) is 30.6 Å². The summed E-state index contributed by atoms with van der Waals surface area (Å²) in [6.45, 7) is 6.43. The summed E-state index contributed by atoms with van der Waals surface area (Å²) in [5.74, 6) is 1.64. The lowest BCUT2D eigenvalue weighted by molar-refractivity contribution is 0.0642. The first kappa shape index (κ1) is 18.9. The third-order valence-electron chi connectivity index (χ3n) is 4.65. The Balaban J connectivity index is 1.64. The Morgan fingerprint density at radius 3 is 2.33 bits per heavy atom. The van der Waals surface area contributed by atoms with Gasteiger partial charge in [-0.2, -0.15) is 0 Å². The number of hydrogen-bond donors (Lipinski definition) is 1. The van der Waals surface area contributed by atoms with E-state index in [1.165, 1.54) is 0 Å². The van der Waals surface area contributed by atoms with Gasteiger partial charge in [0, 0.05) is 50.3 Å². The molecule has 1 fully saturated rings. The average Bonchev–Trinajstić information content (AvgIpc) is 2.73. The van der Waals surface area contributed by atoms with Crippen LogP contribution in [0.25, 0.3) is 0 Å². The SMILES string of the molecule is CCN1CCN(C(=O)c2cnc(Nc3ccc(OC)c(OC)c3)nc2)CC1. The number of methoxy groups -OCH3 is 2. The smallest absolute Gasteiger partial charge is 0.257 e. The zero-order valence-corrected chi connectivity index (χ0v) is 15.9. The van der Waals surface area contributed by atoms with Crippen LogP contribution in [0.4, 0.5) is 11.6 Å². The summed E-state index contributed by atoms with van der Waals surface area (Å²) >= 11 is 0. The van der Waals surface area contributed by atoms with Crippen molar-refractivity contribution in [3.8, 4) is 11.5 Å². The molecule has 0 aliphatic carbocycles. The molecule has 144 valence electrons. The molecule has 1 aliphatic rings. The number of amides is 1. The van der Waals surface area contributed by atoms with Crippen molar-refractivity contribution in [3.05, 3.63) is 36.2 Å². The van der Waals surface area contributed by atoms with E-state index < -0.39 is 0 Å². The molecule has 0 atom stereocenters. The molecule has 3 rings (SSSR count). The lowest BCUT2D eigenvalue weighted by Crippen LogP contribution is -2.48. The molecule has 2 heterocycles. The molecule has 0 unspecified atom stereocenters. The van der Waals surface area contributed by atoms with Crippen LogP contribution in [0.3, 0.4) is 0 Å². The fourth-order valence-electron chi connectivity index (χ4n) is 3.00. The van der Waals surface area contributed by atoms with Crippen LogP contribution in [-0.2, 0) is 0 Å². The van der Waals surface area contributed by atoms with Gasteiger partial charge in [0.25, 0.3) is 5.91 Å². The molecule has 1 N–H and O–H groups in total. The largest absolute Gasteiger partial charge is 0.493 e. The number of likely N-dealkylation sites (N-methyl/N-ethyl adjacent to an activating group) is 1. The minimum atomic E-state index is -0.0246. The van der Waals surface area contributed by atoms with Gasteiger partial charge in [0.1, 0.15) is 0 Å². The molecule has 1 aromatic carbocycles. The molecule has 1 saturated heterocycles. The maximum atomic E-state index is 12.6. The normalized spacial score (nSPS) is 14.7. The number of nitrogens with one attached hydrogen (secondary N) is 1. The first-order valence-electron chi connectivity index (χ1n) is 8.97. The number of carbonyl (C=O) groups excluding carboxylic acids is 1. The van der Waals surface area contributed by atoms with Crippen molar-refractivity contribution in [1.82, 2.24) is 19.8 Å². The zero-order valence-electron chi connectivity index (χ0n) is 15.9. The van der Waals surface area contributed by atoms with E-state index >= 15 is 0 Å². The molecule has 1 aliphatic heterocycles. The van der Waals surface area contributed by atoms with Crippen molar-refractivity contribution in [2.75, 3.05) is 52.3 Å². The van der Waals surface area contributed by atoms with Gasteiger partial charge in [0.05, 0.1) is 19.8 Å². The standard InChI is InChI=1S/C19H25N5O3/c1-4-23-7-9-24(10-8-23)18(25)14-12-20-19(21-13-14)22-15-5-6-16(26-2)17(11-15)27-3/h5-6,11-13H,4,7-10H2,1-3H3,(H,20,21,22). The fraction of sp³-hybridized carbons (Fsp3) is 0.421. The van der Waals surface area contributed by atoms with Gasteiger partial charge in [-0.3, -0.25) is 4.79 Å². The molecule has 8 nitrogen and oxygen atoms in total. The highest BCUT2D eigenvalue weighted by Gasteiger charge is 2.21. The Hall–Kier alpha value is -2.87. The van der Waals surface area contributed by atoms with E-state index in [1.807, 2.05) is 11.0 Å². The molecule has 0 bridgehead atoms. The highest BCUT2D eigenvalue weighted by molar-refractivity contribution is 5.93. The van der Waals surface area contributed by atoms with Gasteiger partial charge in [0.2, 0.25) is 5.95 Å². The van der Waals surface area contributed by atoms with E-state index in [0.29, 0.717) is 23.0 Å². The number of aromatic nitrogens is 2. The van der Waals surface area contributed by atoms with Gasteiger partial charge < -0.3 is 24.6 Å². The monoisotopic (exact) mass is 371 g/mol. The number of ether oxygens (including phenoxy) is 2. The molecule has 2 aromatic rings. The lowest BCUT2D eigenvalue weighted by Gasteiger charge is -2.33. The predicted molar refractivity (Wildman–Crippen MR) is 103 cm³/mol. The summed E-state index contributed by atoms with van der Waals surface area (Å²) in [5.41, 5.74) is 1.26. The maximum absolute atomic E-state index is 12.6. The second kappa shape index (κ2) is 8.68. The Morgan fingerprint density at radius 1 is 1.07 bits per heavy atom. The first-order chi connectivity index (χ1) is 13.1. The highest BCUT2D eigenvalue weighted by Crippen LogP contribution is 2.30. The molecule has 1 aromatic heterocycles. The minimum absolute atomic E-state index is 0.0246. The predicted octanol–water partition coefficient (Wildman–Crippen LogP) is 2.02. The van der Waals surface area contributed by atoms with Crippen molar-refractivity contribution < 1.29 is 14.3 Å². The van der Waals surface area contributed by atoms with E-state index in [4.69, 9.17) is 9.47 Å². The third kappa shape index (κ3) is 4.46. The van der Waals surface area contributed by atoms with Gasteiger partial charge in [0.15, 0.2) is 11.5 Å². The number of nitrogens with zero attached hydrogens (tertiary/aromatic N) is 4. The lowest BCUT2D eigenvalue weighted by atomic mass is 10.2. The molecule has 0 spiro atoms. The summed E-state index contributed by atoms with van der Waals surface area (Å²) < 4.78 is 10.5. The Labute approximate surface area is 159 Å². The molecule has 27 heavy (non-hydrogen) atoms. The van der Waals surface area contributed by atoms with Crippen LogP contribution in [0.5, 0.6) is 11.5 Å². The average molecular weight is 371 g/mol. The Bertz CT molecular complexity index is 773. The van der Waals surface area contributed by atoms with Crippen LogP contribution in [0, 0.1) is 0 Å². The van der Waals surface area contributed by atoms with Crippen LogP contribution < -0.4 is 14.8 Å². The molecule has 0 radical (unpaired) electrons. The molecular formula is C19H25N5O3. The second-order valence-corrected chi connectivity index (χ2v) is 6.22. The number of hydrogen-bond acceptors (Lipinski definition) is 7. The second-order valence-electron chi connectivity index (χ2n) is 6.22. The van der Waals surface area contributed by atoms with Crippen molar-refractivity contribution in [2.24, 2.45) is 0 Å². The third-order valence-corrected chi connectivity index (χ3v) is 4.65. The molecular weight excluding hydrogens is 346 g/mol. The molecule has 0 saturated carbocycles. The van der Waals surface area contributed by atoms with Gasteiger partial charge in [-0.15, -0.1) is 0 Å². The summed E-state index contributed by atoms with van der Waals surface area (Å²) in [4.78, 5) is 25.3. The maximum Gasteiger partial charge on any atom is 0.257 e. The topological polar surface area (TPSA) is 79.8 Å². The Morgan fingerprint density at radius 2 is 1.74 bits per heavy atom. The summed E-state index contributed by atoms with van der Waals surface area (Å²) in [5, 5.41) is 3.10. The first-order valence-corrected chi connectivity index (χ1v) is 8.97. The van der Waals surface area contributed by atoms with E-state index in [-0.39, 0.29) is 5.91 Å².